The summed E-state index contributed by atoms with van der Waals surface area (Å²) in [5.41, 5.74) is 1.44. The highest BCUT2D eigenvalue weighted by molar-refractivity contribution is 7.07. The Kier molecular flexibility index (Phi) is 6.64. The van der Waals surface area contributed by atoms with Gasteiger partial charge in [-0.1, -0.05) is 40.6 Å². The maximum Gasteiger partial charge on any atom is 0.326 e. The summed E-state index contributed by atoms with van der Waals surface area (Å²) in [5.74, 6) is -1.11. The fourth-order valence-corrected chi connectivity index (χ4v) is 3.11. The van der Waals surface area contributed by atoms with E-state index in [1.54, 1.807) is 37.4 Å². The summed E-state index contributed by atoms with van der Waals surface area (Å²) < 4.78 is 6.21. The van der Waals surface area contributed by atoms with Crippen molar-refractivity contribution in [2.75, 3.05) is 6.61 Å². The molecule has 1 N–H and O–H groups in total. The number of thiazole rings is 1. The topological polar surface area (TPSA) is 77.4 Å². The Bertz CT molecular complexity index is 847. The highest BCUT2D eigenvalue weighted by Crippen LogP contribution is 2.25. The summed E-state index contributed by atoms with van der Waals surface area (Å²) in [5, 5.41) is 5.17. The third kappa shape index (κ3) is 5.32. The minimum atomic E-state index is -0.652. The average molecular weight is 403 g/mol. The van der Waals surface area contributed by atoms with Crippen LogP contribution < -0.4 is 10.2 Å². The van der Waals surface area contributed by atoms with Crippen LogP contribution in [0.1, 0.15) is 24.2 Å². The minimum absolute atomic E-state index is 0.218. The largest absolute Gasteiger partial charge is 0.454 e. The zero-order valence-electron chi connectivity index (χ0n) is 13.5. The van der Waals surface area contributed by atoms with Crippen LogP contribution in [0, 0.1) is 6.92 Å². The van der Waals surface area contributed by atoms with Gasteiger partial charge in [-0.15, -0.1) is 0 Å². The molecule has 0 bridgehead atoms. The number of aromatic nitrogens is 1. The van der Waals surface area contributed by atoms with Crippen LogP contribution >= 0.6 is 34.5 Å². The molecule has 0 saturated heterocycles. The molecular formula is C16H16Cl2N2O4S. The summed E-state index contributed by atoms with van der Waals surface area (Å²) >= 11 is 12.8. The van der Waals surface area contributed by atoms with E-state index in [0.717, 1.165) is 16.9 Å². The molecule has 1 aromatic heterocycles. The number of benzene rings is 1. The summed E-state index contributed by atoms with van der Waals surface area (Å²) in [6, 6.07) is 4.72. The Hall–Kier alpha value is -1.83. The van der Waals surface area contributed by atoms with Crippen molar-refractivity contribution in [3.8, 4) is 0 Å². The van der Waals surface area contributed by atoms with E-state index >= 15 is 0 Å². The van der Waals surface area contributed by atoms with Crippen LogP contribution in [0.4, 0.5) is 0 Å². The molecule has 25 heavy (non-hydrogen) atoms. The molecule has 1 aromatic carbocycles. The number of amides is 1. The lowest BCUT2D eigenvalue weighted by Crippen LogP contribution is -2.32. The molecule has 0 aliphatic carbocycles. The van der Waals surface area contributed by atoms with Crippen molar-refractivity contribution in [3.05, 3.63) is 54.5 Å². The minimum Gasteiger partial charge on any atom is -0.454 e. The Labute approximate surface area is 158 Å². The molecule has 0 aliphatic heterocycles. The van der Waals surface area contributed by atoms with Gasteiger partial charge < -0.3 is 10.1 Å². The van der Waals surface area contributed by atoms with E-state index < -0.39 is 18.5 Å². The van der Waals surface area contributed by atoms with E-state index in [2.05, 4.69) is 5.32 Å². The Morgan fingerprint density at radius 3 is 2.64 bits per heavy atom. The van der Waals surface area contributed by atoms with Crippen molar-refractivity contribution >= 4 is 46.4 Å². The number of ether oxygens (including phenoxy) is 1. The number of rotatable bonds is 6. The molecule has 0 unspecified atom stereocenters. The highest BCUT2D eigenvalue weighted by Gasteiger charge is 2.14. The second kappa shape index (κ2) is 8.51. The third-order valence-corrected chi connectivity index (χ3v) is 5.07. The number of hydrogen-bond donors (Lipinski definition) is 1. The van der Waals surface area contributed by atoms with Crippen molar-refractivity contribution in [2.24, 2.45) is 0 Å². The maximum absolute atomic E-state index is 11.9. The van der Waals surface area contributed by atoms with Crippen LogP contribution in [0.5, 0.6) is 0 Å². The lowest BCUT2D eigenvalue weighted by Gasteiger charge is -2.15. The third-order valence-electron chi connectivity index (χ3n) is 3.45. The summed E-state index contributed by atoms with van der Waals surface area (Å²) in [4.78, 5) is 35.0. The number of hydrogen-bond acceptors (Lipinski definition) is 5. The molecule has 0 aliphatic rings. The Balaban J connectivity index is 1.84. The number of halogens is 2. The molecule has 9 heteroatoms. The molecular weight excluding hydrogens is 387 g/mol. The van der Waals surface area contributed by atoms with Crippen LogP contribution in [0.2, 0.25) is 10.0 Å². The van der Waals surface area contributed by atoms with E-state index in [-0.39, 0.29) is 17.5 Å². The fourth-order valence-electron chi connectivity index (χ4n) is 2.07. The number of nitrogens with zero attached hydrogens (tertiary/aromatic N) is 1. The van der Waals surface area contributed by atoms with Crippen LogP contribution in [0.15, 0.2) is 28.4 Å². The van der Waals surface area contributed by atoms with Gasteiger partial charge in [0.05, 0.1) is 16.1 Å². The first kappa shape index (κ1) is 19.5. The van der Waals surface area contributed by atoms with Crippen molar-refractivity contribution in [3.63, 3.8) is 0 Å². The number of aryl methyl sites for hydroxylation is 1. The van der Waals surface area contributed by atoms with E-state index in [1.165, 1.54) is 4.57 Å². The molecule has 0 fully saturated rings. The Morgan fingerprint density at radius 2 is 2.04 bits per heavy atom. The van der Waals surface area contributed by atoms with Crippen LogP contribution in [-0.4, -0.2) is 23.1 Å². The lowest BCUT2D eigenvalue weighted by atomic mass is 10.1. The first-order valence-corrected chi connectivity index (χ1v) is 8.96. The Morgan fingerprint density at radius 1 is 1.32 bits per heavy atom. The van der Waals surface area contributed by atoms with E-state index in [9.17, 15) is 14.4 Å². The zero-order chi connectivity index (χ0) is 18.6. The smallest absolute Gasteiger partial charge is 0.326 e. The number of nitrogens with one attached hydrogen (secondary N) is 1. The quantitative estimate of drug-likeness (QED) is 0.753. The second-order valence-electron chi connectivity index (χ2n) is 5.35. The van der Waals surface area contributed by atoms with Gasteiger partial charge in [0.1, 0.15) is 6.54 Å². The predicted octanol–water partition coefficient (Wildman–Crippen LogP) is 2.95. The van der Waals surface area contributed by atoms with Crippen molar-refractivity contribution in [1.82, 2.24) is 9.88 Å². The molecule has 0 spiro atoms. The fraction of sp³-hybridized carbons (Fsp3) is 0.312. The normalized spacial score (nSPS) is 11.8. The number of esters is 1. The molecule has 0 radical (unpaired) electrons. The number of carbonyl (C=O) groups excluding carboxylic acids is 2. The maximum atomic E-state index is 11.9. The van der Waals surface area contributed by atoms with Gasteiger partial charge in [0.2, 0.25) is 0 Å². The zero-order valence-corrected chi connectivity index (χ0v) is 15.9. The predicted molar refractivity (Wildman–Crippen MR) is 97.3 cm³/mol. The summed E-state index contributed by atoms with van der Waals surface area (Å²) in [6.45, 7) is 2.84. The summed E-state index contributed by atoms with van der Waals surface area (Å²) in [7, 11) is 0. The summed E-state index contributed by atoms with van der Waals surface area (Å²) in [6.07, 6.45) is 0. The first-order valence-electron chi connectivity index (χ1n) is 7.32. The molecule has 1 amide bonds. The highest BCUT2D eigenvalue weighted by atomic mass is 35.5. The van der Waals surface area contributed by atoms with Gasteiger partial charge in [-0.3, -0.25) is 19.0 Å². The van der Waals surface area contributed by atoms with Crippen LogP contribution in [0.3, 0.4) is 0 Å². The molecule has 1 heterocycles. The van der Waals surface area contributed by atoms with Gasteiger partial charge in [-0.05, 0) is 31.5 Å². The molecule has 134 valence electrons. The average Bonchev–Trinajstić information content (AvgIpc) is 2.87. The first-order chi connectivity index (χ1) is 11.8. The molecule has 1 atom stereocenters. The standard InChI is InChI=1S/C16H16Cl2N2O4S/c1-9-8-25-16(23)20(9)6-15(22)24-7-14(21)19-10(2)11-3-4-12(17)13(18)5-11/h3-5,8,10H,6-7H2,1-2H3,(H,19,21)/t10-/m1/s1. The monoisotopic (exact) mass is 402 g/mol. The second-order valence-corrected chi connectivity index (χ2v) is 6.99. The van der Waals surface area contributed by atoms with Crippen molar-refractivity contribution in [1.29, 1.82) is 0 Å². The van der Waals surface area contributed by atoms with Gasteiger partial charge in [0, 0.05) is 11.1 Å². The lowest BCUT2D eigenvalue weighted by molar-refractivity contribution is -0.149. The van der Waals surface area contributed by atoms with Gasteiger partial charge in [0.25, 0.3) is 5.91 Å². The van der Waals surface area contributed by atoms with Crippen molar-refractivity contribution in [2.45, 2.75) is 26.4 Å². The van der Waals surface area contributed by atoms with Gasteiger partial charge in [0.15, 0.2) is 6.61 Å². The number of carbonyl (C=O) groups is 2. The van der Waals surface area contributed by atoms with Crippen LogP contribution in [0.25, 0.3) is 0 Å². The molecule has 6 nitrogen and oxygen atoms in total. The van der Waals surface area contributed by atoms with Gasteiger partial charge >= 0.3 is 10.8 Å². The molecule has 2 rings (SSSR count). The van der Waals surface area contributed by atoms with E-state index in [1.807, 2.05) is 0 Å². The van der Waals surface area contributed by atoms with E-state index in [0.29, 0.717) is 15.7 Å². The van der Waals surface area contributed by atoms with Crippen molar-refractivity contribution < 1.29 is 14.3 Å². The molecule has 2 aromatic rings. The van der Waals surface area contributed by atoms with Gasteiger partial charge in [-0.2, -0.15) is 0 Å². The molecule has 0 saturated carbocycles. The van der Waals surface area contributed by atoms with Gasteiger partial charge in [-0.25, -0.2) is 0 Å². The van der Waals surface area contributed by atoms with E-state index in [4.69, 9.17) is 27.9 Å². The SMILES string of the molecule is Cc1csc(=O)n1CC(=O)OCC(=O)N[C@H](C)c1ccc(Cl)c(Cl)c1. The van der Waals surface area contributed by atoms with Crippen LogP contribution in [-0.2, 0) is 20.9 Å².